The summed E-state index contributed by atoms with van der Waals surface area (Å²) in [7, 11) is 0. The molecule has 0 spiro atoms. The largest absolute Gasteiger partial charge is 0.457 e. The maximum absolute atomic E-state index is 11.9. The van der Waals surface area contributed by atoms with E-state index in [1.54, 1.807) is 42.6 Å². The van der Waals surface area contributed by atoms with Crippen molar-refractivity contribution >= 4 is 23.4 Å². The molecule has 4 N–H and O–H groups in total. The van der Waals surface area contributed by atoms with E-state index in [2.05, 4.69) is 15.6 Å². The fourth-order valence-electron chi connectivity index (χ4n) is 2.35. The summed E-state index contributed by atoms with van der Waals surface area (Å²) in [6.45, 7) is 0. The zero-order valence-electron chi connectivity index (χ0n) is 14.4. The van der Waals surface area contributed by atoms with Crippen LogP contribution in [0.15, 0.2) is 72.9 Å². The van der Waals surface area contributed by atoms with Gasteiger partial charge in [0.25, 0.3) is 0 Å². The number of carbonyl (C=O) groups excluding carboxylic acids is 2. The molecule has 0 radical (unpaired) electrons. The number of carbonyl (C=O) groups is 2. The molecule has 0 unspecified atom stereocenters. The molecule has 1 aromatic heterocycles. The van der Waals surface area contributed by atoms with Crippen LogP contribution in [0.4, 0.5) is 16.3 Å². The lowest BCUT2D eigenvalue weighted by atomic mass is 10.1. The van der Waals surface area contributed by atoms with Gasteiger partial charge in [0.1, 0.15) is 17.3 Å². The Balaban J connectivity index is 1.51. The number of nitrogens with one attached hydrogen (secondary N) is 2. The molecule has 0 aliphatic rings. The first-order valence-corrected chi connectivity index (χ1v) is 8.23. The Morgan fingerprint density at radius 1 is 0.963 bits per heavy atom. The first-order chi connectivity index (χ1) is 13.1. The molecule has 0 saturated carbocycles. The average molecular weight is 362 g/mol. The van der Waals surface area contributed by atoms with Crippen LogP contribution in [0.2, 0.25) is 0 Å². The van der Waals surface area contributed by atoms with Gasteiger partial charge in [0.2, 0.25) is 5.91 Å². The van der Waals surface area contributed by atoms with E-state index in [9.17, 15) is 9.59 Å². The molecule has 0 saturated heterocycles. The lowest BCUT2D eigenvalue weighted by Crippen LogP contribution is -2.35. The summed E-state index contributed by atoms with van der Waals surface area (Å²) >= 11 is 0. The molecule has 2 aromatic carbocycles. The van der Waals surface area contributed by atoms with Crippen molar-refractivity contribution in [2.45, 2.75) is 6.42 Å². The van der Waals surface area contributed by atoms with E-state index in [1.807, 2.05) is 30.3 Å². The third kappa shape index (κ3) is 5.57. The highest BCUT2D eigenvalue weighted by Gasteiger charge is 2.09. The predicted molar refractivity (Wildman–Crippen MR) is 102 cm³/mol. The van der Waals surface area contributed by atoms with E-state index in [-0.39, 0.29) is 12.3 Å². The zero-order chi connectivity index (χ0) is 19.1. The van der Waals surface area contributed by atoms with Crippen LogP contribution in [-0.4, -0.2) is 16.9 Å². The Morgan fingerprint density at radius 3 is 2.41 bits per heavy atom. The number of rotatable bonds is 5. The van der Waals surface area contributed by atoms with Crippen LogP contribution in [0.5, 0.6) is 11.5 Å². The predicted octanol–water partition coefficient (Wildman–Crippen LogP) is 3.35. The minimum absolute atomic E-state index is 0.135. The Hall–Kier alpha value is -3.87. The standard InChI is InChI=1S/C20H18N4O3/c21-18-13-17(10-11-22-18)27-16-8-6-15(7-9-16)23-20(26)24-19(25)12-14-4-2-1-3-5-14/h1-11,13H,12H2,(H2,21,22)(H2,23,24,25,26). The van der Waals surface area contributed by atoms with E-state index < -0.39 is 6.03 Å². The number of urea groups is 1. The summed E-state index contributed by atoms with van der Waals surface area (Å²) in [5.74, 6) is 1.12. The molecule has 0 fully saturated rings. The molecule has 7 nitrogen and oxygen atoms in total. The summed E-state index contributed by atoms with van der Waals surface area (Å²) in [6.07, 6.45) is 1.69. The van der Waals surface area contributed by atoms with Crippen molar-refractivity contribution in [2.75, 3.05) is 11.1 Å². The van der Waals surface area contributed by atoms with Crippen molar-refractivity contribution in [1.82, 2.24) is 10.3 Å². The summed E-state index contributed by atoms with van der Waals surface area (Å²) in [5.41, 5.74) is 6.97. The fraction of sp³-hybridized carbons (Fsp3) is 0.0500. The number of aromatic nitrogens is 1. The molecule has 3 rings (SSSR count). The van der Waals surface area contributed by atoms with Crippen molar-refractivity contribution in [3.05, 3.63) is 78.5 Å². The summed E-state index contributed by atoms with van der Waals surface area (Å²) in [4.78, 5) is 27.7. The van der Waals surface area contributed by atoms with Crippen molar-refractivity contribution < 1.29 is 14.3 Å². The second-order valence-electron chi connectivity index (χ2n) is 5.71. The maximum atomic E-state index is 11.9. The van der Waals surface area contributed by atoms with Gasteiger partial charge in [-0.3, -0.25) is 10.1 Å². The molecule has 0 bridgehead atoms. The number of nitrogens with two attached hydrogens (primary N) is 1. The first kappa shape index (κ1) is 17.9. The topological polar surface area (TPSA) is 106 Å². The summed E-state index contributed by atoms with van der Waals surface area (Å²) in [6, 6.07) is 18.6. The van der Waals surface area contributed by atoms with E-state index in [1.165, 1.54) is 0 Å². The van der Waals surface area contributed by atoms with Crippen LogP contribution in [-0.2, 0) is 11.2 Å². The number of hydrogen-bond donors (Lipinski definition) is 3. The molecule has 0 atom stereocenters. The minimum Gasteiger partial charge on any atom is -0.457 e. The molecule has 27 heavy (non-hydrogen) atoms. The van der Waals surface area contributed by atoms with E-state index in [0.717, 1.165) is 5.56 Å². The van der Waals surface area contributed by atoms with Gasteiger partial charge in [-0.05, 0) is 35.9 Å². The monoisotopic (exact) mass is 362 g/mol. The van der Waals surface area contributed by atoms with Gasteiger partial charge in [-0.1, -0.05) is 30.3 Å². The third-order valence-corrected chi connectivity index (χ3v) is 3.56. The van der Waals surface area contributed by atoms with Gasteiger partial charge >= 0.3 is 6.03 Å². The smallest absolute Gasteiger partial charge is 0.325 e. The second-order valence-corrected chi connectivity index (χ2v) is 5.71. The van der Waals surface area contributed by atoms with Gasteiger partial charge < -0.3 is 15.8 Å². The van der Waals surface area contributed by atoms with E-state index >= 15 is 0 Å². The molecule has 3 aromatic rings. The number of nitrogen functional groups attached to an aromatic ring is 1. The van der Waals surface area contributed by atoms with Crippen LogP contribution in [0, 0.1) is 0 Å². The summed E-state index contributed by atoms with van der Waals surface area (Å²) in [5, 5.41) is 4.90. The Labute approximate surface area is 156 Å². The van der Waals surface area contributed by atoms with Gasteiger partial charge in [-0.15, -0.1) is 0 Å². The Kier molecular flexibility index (Phi) is 5.64. The molecule has 136 valence electrons. The lowest BCUT2D eigenvalue weighted by molar-refractivity contribution is -0.119. The Bertz CT molecular complexity index is 927. The van der Waals surface area contributed by atoms with Crippen molar-refractivity contribution in [1.29, 1.82) is 0 Å². The van der Waals surface area contributed by atoms with E-state index in [0.29, 0.717) is 23.0 Å². The number of benzene rings is 2. The Morgan fingerprint density at radius 2 is 1.70 bits per heavy atom. The van der Waals surface area contributed by atoms with Crippen LogP contribution < -0.4 is 21.1 Å². The number of nitrogens with zero attached hydrogens (tertiary/aromatic N) is 1. The van der Waals surface area contributed by atoms with Crippen molar-refractivity contribution in [3.8, 4) is 11.5 Å². The number of hydrogen-bond acceptors (Lipinski definition) is 5. The highest BCUT2D eigenvalue weighted by molar-refractivity contribution is 6.01. The molecule has 7 heteroatoms. The zero-order valence-corrected chi connectivity index (χ0v) is 14.4. The van der Waals surface area contributed by atoms with Crippen LogP contribution >= 0.6 is 0 Å². The first-order valence-electron chi connectivity index (χ1n) is 8.23. The van der Waals surface area contributed by atoms with Crippen LogP contribution in [0.25, 0.3) is 0 Å². The molecule has 0 aliphatic carbocycles. The molecule has 3 amide bonds. The molecular formula is C20H18N4O3. The fourth-order valence-corrected chi connectivity index (χ4v) is 2.35. The lowest BCUT2D eigenvalue weighted by Gasteiger charge is -2.09. The average Bonchev–Trinajstić information content (AvgIpc) is 2.64. The maximum Gasteiger partial charge on any atom is 0.325 e. The molecular weight excluding hydrogens is 344 g/mol. The number of imide groups is 1. The molecule has 0 aliphatic heterocycles. The number of anilines is 2. The van der Waals surface area contributed by atoms with Crippen molar-refractivity contribution in [3.63, 3.8) is 0 Å². The van der Waals surface area contributed by atoms with Crippen LogP contribution in [0.3, 0.4) is 0 Å². The SMILES string of the molecule is Nc1cc(Oc2ccc(NC(=O)NC(=O)Cc3ccccc3)cc2)ccn1. The number of ether oxygens (including phenoxy) is 1. The quantitative estimate of drug-likeness (QED) is 0.645. The summed E-state index contributed by atoms with van der Waals surface area (Å²) < 4.78 is 5.65. The van der Waals surface area contributed by atoms with Gasteiger partial charge in [0, 0.05) is 18.0 Å². The van der Waals surface area contributed by atoms with Gasteiger partial charge in [0.15, 0.2) is 0 Å². The third-order valence-electron chi connectivity index (χ3n) is 3.56. The number of amides is 3. The normalized spacial score (nSPS) is 10.1. The van der Waals surface area contributed by atoms with Crippen molar-refractivity contribution in [2.24, 2.45) is 0 Å². The van der Waals surface area contributed by atoms with Gasteiger partial charge in [-0.25, -0.2) is 9.78 Å². The molecule has 1 heterocycles. The highest BCUT2D eigenvalue weighted by atomic mass is 16.5. The van der Waals surface area contributed by atoms with Gasteiger partial charge in [0.05, 0.1) is 6.42 Å². The van der Waals surface area contributed by atoms with Crippen LogP contribution in [0.1, 0.15) is 5.56 Å². The second kappa shape index (κ2) is 8.48. The van der Waals surface area contributed by atoms with E-state index in [4.69, 9.17) is 10.5 Å². The minimum atomic E-state index is -0.591. The van der Waals surface area contributed by atoms with Gasteiger partial charge in [-0.2, -0.15) is 0 Å². The number of pyridine rings is 1. The highest BCUT2D eigenvalue weighted by Crippen LogP contribution is 2.23.